The van der Waals surface area contributed by atoms with Gasteiger partial charge in [0.15, 0.2) is 0 Å². The smallest absolute Gasteiger partial charge is 0.130 e. The molecule has 116 valence electrons. The normalized spacial score (nSPS) is 19.2. The molecule has 2 aliphatic rings. The average Bonchev–Trinajstić information content (AvgIpc) is 2.88. The van der Waals surface area contributed by atoms with Gasteiger partial charge in [-0.25, -0.2) is 9.67 Å². The molecular formula is C16H21N5O. The molecule has 1 saturated carbocycles. The van der Waals surface area contributed by atoms with E-state index >= 15 is 0 Å². The lowest BCUT2D eigenvalue weighted by molar-refractivity contribution is 0.122. The Labute approximate surface area is 129 Å². The Morgan fingerprint density at radius 1 is 1.18 bits per heavy atom. The largest absolute Gasteiger partial charge is 0.384 e. The number of ether oxygens (including phenoxy) is 1. The highest BCUT2D eigenvalue weighted by Crippen LogP contribution is 2.36. The summed E-state index contributed by atoms with van der Waals surface area (Å²) in [5, 5.41) is 4.71. The van der Waals surface area contributed by atoms with Crippen LogP contribution >= 0.6 is 0 Å². The summed E-state index contributed by atoms with van der Waals surface area (Å²) in [5.41, 5.74) is 8.26. The van der Waals surface area contributed by atoms with Crippen molar-refractivity contribution in [2.45, 2.75) is 25.2 Å². The van der Waals surface area contributed by atoms with Gasteiger partial charge in [-0.3, -0.25) is 0 Å². The van der Waals surface area contributed by atoms with Crippen LogP contribution in [0.3, 0.4) is 0 Å². The SMILES string of the molecule is Nc1cc(C2CCC2)nn1-c1ccnc(N2CCOCC2)c1. The van der Waals surface area contributed by atoms with Gasteiger partial charge in [0.25, 0.3) is 0 Å². The summed E-state index contributed by atoms with van der Waals surface area (Å²) >= 11 is 0. The van der Waals surface area contributed by atoms with E-state index in [4.69, 9.17) is 15.6 Å². The summed E-state index contributed by atoms with van der Waals surface area (Å²) in [4.78, 5) is 6.71. The van der Waals surface area contributed by atoms with Crippen LogP contribution in [0.2, 0.25) is 0 Å². The van der Waals surface area contributed by atoms with Crippen LogP contribution < -0.4 is 10.6 Å². The Morgan fingerprint density at radius 2 is 2.00 bits per heavy atom. The number of nitrogens with two attached hydrogens (primary N) is 1. The lowest BCUT2D eigenvalue weighted by atomic mass is 9.83. The molecule has 6 nitrogen and oxygen atoms in total. The molecule has 2 fully saturated rings. The minimum atomic E-state index is 0.587. The summed E-state index contributed by atoms with van der Waals surface area (Å²) in [6.45, 7) is 3.25. The standard InChI is InChI=1S/C16H21N5O/c17-15-11-14(12-2-1-3-12)19-21(15)13-4-5-18-16(10-13)20-6-8-22-9-7-20/h4-5,10-12H,1-3,6-9,17H2. The molecule has 0 unspecified atom stereocenters. The second kappa shape index (κ2) is 5.61. The van der Waals surface area contributed by atoms with E-state index in [9.17, 15) is 0 Å². The number of hydrogen-bond donors (Lipinski definition) is 1. The van der Waals surface area contributed by atoms with E-state index in [1.165, 1.54) is 19.3 Å². The number of morpholine rings is 1. The van der Waals surface area contributed by atoms with Crippen LogP contribution in [-0.4, -0.2) is 41.1 Å². The van der Waals surface area contributed by atoms with E-state index in [0.717, 1.165) is 43.5 Å². The van der Waals surface area contributed by atoms with Gasteiger partial charge in [0.2, 0.25) is 0 Å². The van der Waals surface area contributed by atoms with Gasteiger partial charge in [-0.05, 0) is 18.9 Å². The molecule has 6 heteroatoms. The molecule has 0 bridgehead atoms. The van der Waals surface area contributed by atoms with Crippen LogP contribution in [0.5, 0.6) is 0 Å². The van der Waals surface area contributed by atoms with Crippen LogP contribution in [0, 0.1) is 0 Å². The molecular weight excluding hydrogens is 278 g/mol. The third kappa shape index (κ3) is 2.43. The van der Waals surface area contributed by atoms with Gasteiger partial charge in [0.1, 0.15) is 11.6 Å². The van der Waals surface area contributed by atoms with Gasteiger partial charge in [0.05, 0.1) is 24.6 Å². The topological polar surface area (TPSA) is 69.2 Å². The first-order valence-electron chi connectivity index (χ1n) is 7.96. The highest BCUT2D eigenvalue weighted by molar-refractivity contribution is 5.50. The zero-order valence-electron chi connectivity index (χ0n) is 12.6. The fourth-order valence-corrected chi connectivity index (χ4v) is 3.03. The Hall–Kier alpha value is -2.08. The molecule has 1 aliphatic carbocycles. The average molecular weight is 299 g/mol. The number of pyridine rings is 1. The number of nitrogen functional groups attached to an aromatic ring is 1. The number of rotatable bonds is 3. The molecule has 4 rings (SSSR count). The maximum absolute atomic E-state index is 6.16. The summed E-state index contributed by atoms with van der Waals surface area (Å²) in [6.07, 6.45) is 5.58. The maximum Gasteiger partial charge on any atom is 0.130 e. The van der Waals surface area contributed by atoms with E-state index in [1.807, 2.05) is 23.0 Å². The van der Waals surface area contributed by atoms with Gasteiger partial charge in [0, 0.05) is 37.3 Å². The van der Waals surface area contributed by atoms with Crippen molar-refractivity contribution in [1.82, 2.24) is 14.8 Å². The van der Waals surface area contributed by atoms with Crippen molar-refractivity contribution in [2.24, 2.45) is 0 Å². The Kier molecular flexibility index (Phi) is 3.46. The van der Waals surface area contributed by atoms with Crippen molar-refractivity contribution in [3.8, 4) is 5.69 Å². The summed E-state index contributed by atoms with van der Waals surface area (Å²) < 4.78 is 7.23. The van der Waals surface area contributed by atoms with E-state index in [1.54, 1.807) is 0 Å². The third-order valence-corrected chi connectivity index (χ3v) is 4.59. The molecule has 0 aromatic carbocycles. The van der Waals surface area contributed by atoms with Gasteiger partial charge in [-0.15, -0.1) is 0 Å². The summed E-state index contributed by atoms with van der Waals surface area (Å²) in [5.74, 6) is 2.24. The first kappa shape index (κ1) is 13.6. The first-order valence-corrected chi connectivity index (χ1v) is 7.96. The van der Waals surface area contributed by atoms with E-state index in [0.29, 0.717) is 11.7 Å². The number of anilines is 2. The van der Waals surface area contributed by atoms with Crippen LogP contribution in [0.1, 0.15) is 30.9 Å². The third-order valence-electron chi connectivity index (χ3n) is 4.59. The van der Waals surface area contributed by atoms with Crippen LogP contribution in [0.4, 0.5) is 11.6 Å². The predicted octanol–water partition coefficient (Wildman–Crippen LogP) is 1.95. The van der Waals surface area contributed by atoms with E-state index in [-0.39, 0.29) is 0 Å². The van der Waals surface area contributed by atoms with Crippen molar-refractivity contribution in [3.05, 3.63) is 30.1 Å². The molecule has 2 aromatic heterocycles. The molecule has 0 spiro atoms. The van der Waals surface area contributed by atoms with Crippen molar-refractivity contribution in [1.29, 1.82) is 0 Å². The fraction of sp³-hybridized carbons (Fsp3) is 0.500. The summed E-state index contributed by atoms with van der Waals surface area (Å²) in [6, 6.07) is 6.02. The molecule has 2 aromatic rings. The van der Waals surface area contributed by atoms with E-state index in [2.05, 4.69) is 16.0 Å². The van der Waals surface area contributed by atoms with Gasteiger partial charge < -0.3 is 15.4 Å². The molecule has 0 atom stereocenters. The Balaban J connectivity index is 1.63. The van der Waals surface area contributed by atoms with Crippen molar-refractivity contribution in [2.75, 3.05) is 36.9 Å². The highest BCUT2D eigenvalue weighted by atomic mass is 16.5. The fourth-order valence-electron chi connectivity index (χ4n) is 3.03. The van der Waals surface area contributed by atoms with Crippen molar-refractivity contribution >= 4 is 11.6 Å². The zero-order chi connectivity index (χ0) is 14.9. The maximum atomic E-state index is 6.16. The second-order valence-electron chi connectivity index (χ2n) is 6.01. The highest BCUT2D eigenvalue weighted by Gasteiger charge is 2.23. The van der Waals surface area contributed by atoms with Crippen LogP contribution in [0.25, 0.3) is 5.69 Å². The van der Waals surface area contributed by atoms with Gasteiger partial charge in [-0.1, -0.05) is 6.42 Å². The number of nitrogens with zero attached hydrogens (tertiary/aromatic N) is 4. The molecule has 1 aliphatic heterocycles. The van der Waals surface area contributed by atoms with Gasteiger partial charge >= 0.3 is 0 Å². The molecule has 0 amide bonds. The molecule has 3 heterocycles. The van der Waals surface area contributed by atoms with Gasteiger partial charge in [-0.2, -0.15) is 5.10 Å². The molecule has 0 radical (unpaired) electrons. The van der Waals surface area contributed by atoms with Crippen molar-refractivity contribution in [3.63, 3.8) is 0 Å². The van der Waals surface area contributed by atoms with E-state index < -0.39 is 0 Å². The predicted molar refractivity (Wildman–Crippen MR) is 85.4 cm³/mol. The monoisotopic (exact) mass is 299 g/mol. The molecule has 22 heavy (non-hydrogen) atoms. The Morgan fingerprint density at radius 3 is 2.73 bits per heavy atom. The van der Waals surface area contributed by atoms with Crippen LogP contribution in [-0.2, 0) is 4.74 Å². The lowest BCUT2D eigenvalue weighted by Crippen LogP contribution is -2.36. The molecule has 1 saturated heterocycles. The first-order chi connectivity index (χ1) is 10.8. The Bertz CT molecular complexity index is 658. The number of aromatic nitrogens is 3. The quantitative estimate of drug-likeness (QED) is 0.938. The molecule has 2 N–H and O–H groups in total. The zero-order valence-corrected chi connectivity index (χ0v) is 12.6. The number of hydrogen-bond acceptors (Lipinski definition) is 5. The minimum Gasteiger partial charge on any atom is -0.384 e. The van der Waals surface area contributed by atoms with Crippen LogP contribution in [0.15, 0.2) is 24.4 Å². The summed E-state index contributed by atoms with van der Waals surface area (Å²) in [7, 11) is 0. The van der Waals surface area contributed by atoms with Crippen molar-refractivity contribution < 1.29 is 4.74 Å². The lowest BCUT2D eigenvalue weighted by Gasteiger charge is -2.28. The second-order valence-corrected chi connectivity index (χ2v) is 6.01. The minimum absolute atomic E-state index is 0.587.